The van der Waals surface area contributed by atoms with Crippen LogP contribution in [-0.4, -0.2) is 23.5 Å². The van der Waals surface area contributed by atoms with Crippen molar-refractivity contribution in [3.8, 4) is 0 Å². The lowest BCUT2D eigenvalue weighted by Gasteiger charge is -2.40. The maximum Gasteiger partial charge on any atom is 0.240 e. The standard InChI is InChI=1S/C9H10BrN3O/c10-6-2-1-4-12-9(6)13-5-3-7(13)8(11)14/h1-2,4,7H,3,5H2,(H2,11,14). The third-order valence-electron chi connectivity index (χ3n) is 2.36. The van der Waals surface area contributed by atoms with Gasteiger partial charge in [0.1, 0.15) is 11.9 Å². The summed E-state index contributed by atoms with van der Waals surface area (Å²) in [6.45, 7) is 0.837. The third kappa shape index (κ3) is 1.48. The molecule has 0 bridgehead atoms. The number of aromatic nitrogens is 1. The SMILES string of the molecule is NC(=O)C1CCN1c1ncccc1Br. The fraction of sp³-hybridized carbons (Fsp3) is 0.333. The lowest BCUT2D eigenvalue weighted by atomic mass is 10.0. The number of pyridine rings is 1. The van der Waals surface area contributed by atoms with Crippen molar-refractivity contribution in [3.05, 3.63) is 22.8 Å². The largest absolute Gasteiger partial charge is 0.368 e. The van der Waals surface area contributed by atoms with Crippen molar-refractivity contribution in [2.24, 2.45) is 5.73 Å². The number of carbonyl (C=O) groups excluding carboxylic acids is 1. The molecule has 2 N–H and O–H groups in total. The van der Waals surface area contributed by atoms with E-state index < -0.39 is 0 Å². The van der Waals surface area contributed by atoms with Crippen LogP contribution in [0.25, 0.3) is 0 Å². The second-order valence-electron chi connectivity index (χ2n) is 3.21. The highest BCUT2D eigenvalue weighted by atomic mass is 79.9. The molecule has 1 aliphatic rings. The normalized spacial score (nSPS) is 20.4. The second-order valence-corrected chi connectivity index (χ2v) is 4.06. The molecule has 0 aliphatic carbocycles. The van der Waals surface area contributed by atoms with Gasteiger partial charge in [-0.25, -0.2) is 4.98 Å². The molecular weight excluding hydrogens is 246 g/mol. The summed E-state index contributed by atoms with van der Waals surface area (Å²) in [6, 6.07) is 3.55. The van der Waals surface area contributed by atoms with E-state index in [9.17, 15) is 4.79 Å². The molecule has 0 saturated carbocycles. The quantitative estimate of drug-likeness (QED) is 0.855. The number of primary amides is 1. The average Bonchev–Trinajstić information content (AvgIpc) is 2.05. The van der Waals surface area contributed by atoms with E-state index in [1.165, 1.54) is 0 Å². The molecule has 1 aromatic heterocycles. The summed E-state index contributed by atoms with van der Waals surface area (Å²) >= 11 is 3.39. The first-order chi connectivity index (χ1) is 6.70. The van der Waals surface area contributed by atoms with Crippen molar-refractivity contribution < 1.29 is 4.79 Å². The summed E-state index contributed by atoms with van der Waals surface area (Å²) in [5.41, 5.74) is 5.25. The highest BCUT2D eigenvalue weighted by Crippen LogP contribution is 2.30. The minimum absolute atomic E-state index is 0.193. The first kappa shape index (κ1) is 9.45. The topological polar surface area (TPSA) is 59.2 Å². The predicted octanol–water partition coefficient (Wildman–Crippen LogP) is 0.908. The Bertz CT molecular complexity index is 369. The summed E-state index contributed by atoms with van der Waals surface area (Å²) in [6.07, 6.45) is 2.52. The van der Waals surface area contributed by atoms with Crippen LogP contribution in [0.4, 0.5) is 5.82 Å². The smallest absolute Gasteiger partial charge is 0.240 e. The number of rotatable bonds is 2. The zero-order valence-corrected chi connectivity index (χ0v) is 9.07. The summed E-state index contributed by atoms with van der Waals surface area (Å²) in [7, 11) is 0. The van der Waals surface area contributed by atoms with Gasteiger partial charge in [0.2, 0.25) is 5.91 Å². The highest BCUT2D eigenvalue weighted by Gasteiger charge is 2.34. The molecule has 74 valence electrons. The number of amides is 1. The van der Waals surface area contributed by atoms with Gasteiger partial charge in [0, 0.05) is 12.7 Å². The monoisotopic (exact) mass is 255 g/mol. The fourth-order valence-electron chi connectivity index (χ4n) is 1.53. The lowest BCUT2D eigenvalue weighted by molar-refractivity contribution is -0.120. The molecule has 1 amide bonds. The molecule has 14 heavy (non-hydrogen) atoms. The molecule has 1 saturated heterocycles. The van der Waals surface area contributed by atoms with E-state index in [-0.39, 0.29) is 11.9 Å². The predicted molar refractivity (Wildman–Crippen MR) is 56.9 cm³/mol. The molecule has 1 unspecified atom stereocenters. The Hall–Kier alpha value is -1.10. The van der Waals surface area contributed by atoms with E-state index in [0.29, 0.717) is 0 Å². The Balaban J connectivity index is 2.24. The number of halogens is 1. The Morgan fingerprint density at radius 2 is 2.50 bits per heavy atom. The van der Waals surface area contributed by atoms with Crippen LogP contribution in [0, 0.1) is 0 Å². The van der Waals surface area contributed by atoms with Gasteiger partial charge in [0.05, 0.1) is 4.47 Å². The summed E-state index contributed by atoms with van der Waals surface area (Å²) < 4.78 is 0.894. The minimum Gasteiger partial charge on any atom is -0.368 e. The Morgan fingerprint density at radius 3 is 3.00 bits per heavy atom. The number of nitrogens with two attached hydrogens (primary N) is 1. The number of hydrogen-bond acceptors (Lipinski definition) is 3. The van der Waals surface area contributed by atoms with Crippen molar-refractivity contribution in [1.29, 1.82) is 0 Å². The number of hydrogen-bond donors (Lipinski definition) is 1. The van der Waals surface area contributed by atoms with Crippen molar-refractivity contribution in [1.82, 2.24) is 4.98 Å². The van der Waals surface area contributed by atoms with Gasteiger partial charge in [0.25, 0.3) is 0 Å². The van der Waals surface area contributed by atoms with Gasteiger partial charge in [-0.3, -0.25) is 4.79 Å². The fourth-order valence-corrected chi connectivity index (χ4v) is 2.01. The highest BCUT2D eigenvalue weighted by molar-refractivity contribution is 9.10. The van der Waals surface area contributed by atoms with E-state index in [0.717, 1.165) is 23.3 Å². The van der Waals surface area contributed by atoms with Gasteiger partial charge in [-0.1, -0.05) is 0 Å². The molecule has 2 heterocycles. The maximum absolute atomic E-state index is 11.0. The molecule has 1 fully saturated rings. The van der Waals surface area contributed by atoms with Crippen LogP contribution in [0.1, 0.15) is 6.42 Å². The Labute approximate surface area is 90.2 Å². The van der Waals surface area contributed by atoms with Gasteiger partial charge in [-0.05, 0) is 34.5 Å². The first-order valence-corrected chi connectivity index (χ1v) is 5.16. The van der Waals surface area contributed by atoms with Crippen LogP contribution in [-0.2, 0) is 4.79 Å². The average molecular weight is 256 g/mol. The first-order valence-electron chi connectivity index (χ1n) is 4.36. The van der Waals surface area contributed by atoms with Gasteiger partial charge < -0.3 is 10.6 Å². The van der Waals surface area contributed by atoms with E-state index in [4.69, 9.17) is 5.73 Å². The van der Waals surface area contributed by atoms with Crippen LogP contribution in [0.5, 0.6) is 0 Å². The zero-order valence-electron chi connectivity index (χ0n) is 7.48. The van der Waals surface area contributed by atoms with Crippen molar-refractivity contribution >= 4 is 27.7 Å². The molecule has 0 spiro atoms. The number of anilines is 1. The summed E-state index contributed by atoms with van der Waals surface area (Å²) in [5, 5.41) is 0. The van der Waals surface area contributed by atoms with E-state index in [1.54, 1.807) is 6.20 Å². The molecule has 1 atom stereocenters. The second kappa shape index (κ2) is 3.57. The lowest BCUT2D eigenvalue weighted by Crippen LogP contribution is -2.55. The van der Waals surface area contributed by atoms with E-state index >= 15 is 0 Å². The molecule has 1 aliphatic heterocycles. The number of carbonyl (C=O) groups is 1. The third-order valence-corrected chi connectivity index (χ3v) is 2.98. The van der Waals surface area contributed by atoms with E-state index in [1.807, 2.05) is 17.0 Å². The van der Waals surface area contributed by atoms with Crippen LogP contribution in [0.2, 0.25) is 0 Å². The number of nitrogens with zero attached hydrogens (tertiary/aromatic N) is 2. The van der Waals surface area contributed by atoms with Gasteiger partial charge >= 0.3 is 0 Å². The van der Waals surface area contributed by atoms with Crippen molar-refractivity contribution in [2.75, 3.05) is 11.4 Å². The summed E-state index contributed by atoms with van der Waals surface area (Å²) in [4.78, 5) is 17.1. The zero-order chi connectivity index (χ0) is 10.1. The van der Waals surface area contributed by atoms with Crippen LogP contribution in [0.3, 0.4) is 0 Å². The molecule has 5 heteroatoms. The Morgan fingerprint density at radius 1 is 1.71 bits per heavy atom. The van der Waals surface area contributed by atoms with Crippen LogP contribution in [0.15, 0.2) is 22.8 Å². The van der Waals surface area contributed by atoms with Gasteiger partial charge in [-0.15, -0.1) is 0 Å². The van der Waals surface area contributed by atoms with Gasteiger partial charge in [-0.2, -0.15) is 0 Å². The molecule has 2 rings (SSSR count). The molecular formula is C9H10BrN3O. The molecule has 1 aromatic rings. The minimum atomic E-state index is -0.284. The van der Waals surface area contributed by atoms with Crippen LogP contribution < -0.4 is 10.6 Å². The van der Waals surface area contributed by atoms with E-state index in [2.05, 4.69) is 20.9 Å². The molecule has 0 radical (unpaired) electrons. The summed E-state index contributed by atoms with van der Waals surface area (Å²) in [5.74, 6) is 0.511. The molecule has 4 nitrogen and oxygen atoms in total. The van der Waals surface area contributed by atoms with Crippen molar-refractivity contribution in [3.63, 3.8) is 0 Å². The Kier molecular flexibility index (Phi) is 2.41. The van der Waals surface area contributed by atoms with Crippen LogP contribution >= 0.6 is 15.9 Å². The maximum atomic E-state index is 11.0. The van der Waals surface area contributed by atoms with Crippen molar-refractivity contribution in [2.45, 2.75) is 12.5 Å². The van der Waals surface area contributed by atoms with Gasteiger partial charge in [0.15, 0.2) is 0 Å². The molecule has 0 aromatic carbocycles.